The molecular formula is C13H17N3OS. The van der Waals surface area contributed by atoms with Crippen LogP contribution in [-0.2, 0) is 5.41 Å². The average Bonchev–Trinajstić information content (AvgIpc) is 3.10. The van der Waals surface area contributed by atoms with Gasteiger partial charge in [-0.1, -0.05) is 12.1 Å². The number of nitrogens with zero attached hydrogens (tertiary/aromatic N) is 2. The molecule has 1 saturated heterocycles. The topological polar surface area (TPSA) is 51.0 Å². The number of thiophene rings is 1. The van der Waals surface area contributed by atoms with Gasteiger partial charge in [-0.05, 0) is 37.3 Å². The van der Waals surface area contributed by atoms with Crippen molar-refractivity contribution in [2.45, 2.75) is 31.6 Å². The fourth-order valence-corrected chi connectivity index (χ4v) is 3.19. The van der Waals surface area contributed by atoms with E-state index in [0.29, 0.717) is 5.82 Å². The Labute approximate surface area is 110 Å². The number of aromatic nitrogens is 2. The van der Waals surface area contributed by atoms with Gasteiger partial charge in [-0.2, -0.15) is 16.3 Å². The zero-order valence-electron chi connectivity index (χ0n) is 10.5. The Morgan fingerprint density at radius 3 is 3.17 bits per heavy atom. The van der Waals surface area contributed by atoms with Crippen LogP contribution in [0.3, 0.4) is 0 Å². The molecule has 18 heavy (non-hydrogen) atoms. The highest BCUT2D eigenvalue weighted by molar-refractivity contribution is 7.08. The lowest BCUT2D eigenvalue weighted by atomic mass is 9.78. The van der Waals surface area contributed by atoms with E-state index in [-0.39, 0.29) is 5.41 Å². The Hall–Kier alpha value is -1.20. The first-order chi connectivity index (χ1) is 8.84. The van der Waals surface area contributed by atoms with Crippen LogP contribution in [0.4, 0.5) is 0 Å². The fraction of sp³-hybridized carbons (Fsp3) is 0.538. The molecule has 1 fully saturated rings. The van der Waals surface area contributed by atoms with Gasteiger partial charge in [0.2, 0.25) is 11.7 Å². The number of nitrogens with one attached hydrogen (secondary N) is 1. The first-order valence-electron chi connectivity index (χ1n) is 6.41. The first kappa shape index (κ1) is 11.9. The molecule has 2 aromatic heterocycles. The van der Waals surface area contributed by atoms with Crippen LogP contribution < -0.4 is 5.32 Å². The molecule has 1 aliphatic rings. The molecule has 1 atom stereocenters. The fourth-order valence-electron chi connectivity index (χ4n) is 2.55. The van der Waals surface area contributed by atoms with E-state index in [4.69, 9.17) is 4.52 Å². The second-order valence-corrected chi connectivity index (χ2v) is 5.63. The molecule has 1 N–H and O–H groups in total. The van der Waals surface area contributed by atoms with Crippen molar-refractivity contribution >= 4 is 11.3 Å². The van der Waals surface area contributed by atoms with Crippen LogP contribution in [-0.4, -0.2) is 23.2 Å². The van der Waals surface area contributed by atoms with Gasteiger partial charge in [-0.3, -0.25) is 0 Å². The van der Waals surface area contributed by atoms with E-state index < -0.39 is 0 Å². The largest absolute Gasteiger partial charge is 0.338 e. The average molecular weight is 263 g/mol. The highest BCUT2D eigenvalue weighted by Crippen LogP contribution is 2.34. The zero-order chi connectivity index (χ0) is 12.4. The monoisotopic (exact) mass is 263 g/mol. The molecule has 0 amide bonds. The van der Waals surface area contributed by atoms with Crippen LogP contribution in [0.5, 0.6) is 0 Å². The van der Waals surface area contributed by atoms with Crippen molar-refractivity contribution in [1.29, 1.82) is 0 Å². The summed E-state index contributed by atoms with van der Waals surface area (Å²) < 4.78 is 5.53. The van der Waals surface area contributed by atoms with Gasteiger partial charge in [-0.15, -0.1) is 0 Å². The molecule has 3 heterocycles. The van der Waals surface area contributed by atoms with Crippen molar-refractivity contribution < 1.29 is 4.52 Å². The number of rotatable bonds is 3. The molecular weight excluding hydrogens is 246 g/mol. The third-order valence-corrected chi connectivity index (χ3v) is 4.49. The number of hydrogen-bond acceptors (Lipinski definition) is 5. The standard InChI is InChI=1S/C13H17N3OS/c1-2-13(5-3-6-14-9-13)12-15-11(16-17-12)10-4-7-18-8-10/h4,7-8,14H,2-3,5-6,9H2,1H3. The molecule has 0 aliphatic carbocycles. The summed E-state index contributed by atoms with van der Waals surface area (Å²) in [5, 5.41) is 11.6. The summed E-state index contributed by atoms with van der Waals surface area (Å²) in [6, 6.07) is 2.02. The molecule has 0 saturated carbocycles. The van der Waals surface area contributed by atoms with Crippen molar-refractivity contribution in [1.82, 2.24) is 15.5 Å². The lowest BCUT2D eigenvalue weighted by Crippen LogP contribution is -2.43. The second-order valence-electron chi connectivity index (χ2n) is 4.85. The van der Waals surface area contributed by atoms with Crippen LogP contribution >= 0.6 is 11.3 Å². The Morgan fingerprint density at radius 2 is 2.50 bits per heavy atom. The summed E-state index contributed by atoms with van der Waals surface area (Å²) in [5.41, 5.74) is 1.07. The number of piperidine rings is 1. The summed E-state index contributed by atoms with van der Waals surface area (Å²) in [5.74, 6) is 1.50. The Bertz CT molecular complexity index is 500. The molecule has 1 aliphatic heterocycles. The summed E-state index contributed by atoms with van der Waals surface area (Å²) >= 11 is 1.65. The van der Waals surface area contributed by atoms with Crippen LogP contribution in [0.2, 0.25) is 0 Å². The molecule has 96 valence electrons. The Balaban J connectivity index is 1.92. The minimum absolute atomic E-state index is 0.0273. The third-order valence-electron chi connectivity index (χ3n) is 3.81. The molecule has 0 aromatic carbocycles. The van der Waals surface area contributed by atoms with Crippen LogP contribution in [0.1, 0.15) is 32.1 Å². The highest BCUT2D eigenvalue weighted by atomic mass is 32.1. The lowest BCUT2D eigenvalue weighted by molar-refractivity contribution is 0.221. The Morgan fingerprint density at radius 1 is 1.56 bits per heavy atom. The van der Waals surface area contributed by atoms with Crippen molar-refractivity contribution in [2.75, 3.05) is 13.1 Å². The van der Waals surface area contributed by atoms with Crippen molar-refractivity contribution in [3.8, 4) is 11.4 Å². The highest BCUT2D eigenvalue weighted by Gasteiger charge is 2.37. The predicted octanol–water partition coefficient (Wildman–Crippen LogP) is 2.83. The van der Waals surface area contributed by atoms with Gasteiger partial charge in [0, 0.05) is 17.5 Å². The molecule has 3 rings (SSSR count). The summed E-state index contributed by atoms with van der Waals surface area (Å²) in [6.07, 6.45) is 3.33. The quantitative estimate of drug-likeness (QED) is 0.925. The molecule has 0 bridgehead atoms. The van der Waals surface area contributed by atoms with E-state index in [9.17, 15) is 0 Å². The van der Waals surface area contributed by atoms with Gasteiger partial charge in [0.25, 0.3) is 0 Å². The smallest absolute Gasteiger partial charge is 0.234 e. The molecule has 4 nitrogen and oxygen atoms in total. The predicted molar refractivity (Wildman–Crippen MR) is 71.7 cm³/mol. The van der Waals surface area contributed by atoms with E-state index in [1.165, 1.54) is 6.42 Å². The van der Waals surface area contributed by atoms with Gasteiger partial charge in [0.05, 0.1) is 5.41 Å². The Kier molecular flexibility index (Phi) is 3.18. The van der Waals surface area contributed by atoms with E-state index in [0.717, 1.165) is 37.4 Å². The van der Waals surface area contributed by atoms with E-state index in [2.05, 4.69) is 22.4 Å². The molecule has 0 radical (unpaired) electrons. The maximum absolute atomic E-state index is 5.53. The van der Waals surface area contributed by atoms with Crippen LogP contribution in [0.25, 0.3) is 11.4 Å². The number of hydrogen-bond donors (Lipinski definition) is 1. The first-order valence-corrected chi connectivity index (χ1v) is 7.36. The van der Waals surface area contributed by atoms with Crippen LogP contribution in [0, 0.1) is 0 Å². The minimum atomic E-state index is 0.0273. The van der Waals surface area contributed by atoms with E-state index in [1.54, 1.807) is 11.3 Å². The van der Waals surface area contributed by atoms with E-state index in [1.807, 2.05) is 16.8 Å². The SMILES string of the molecule is CCC1(c2nc(-c3ccsc3)no2)CCCNC1. The molecule has 2 aromatic rings. The maximum atomic E-state index is 5.53. The van der Waals surface area contributed by atoms with Gasteiger partial charge in [0.1, 0.15) is 0 Å². The van der Waals surface area contributed by atoms with Crippen molar-refractivity contribution in [3.05, 3.63) is 22.7 Å². The summed E-state index contributed by atoms with van der Waals surface area (Å²) in [4.78, 5) is 4.61. The van der Waals surface area contributed by atoms with Crippen LogP contribution in [0.15, 0.2) is 21.3 Å². The van der Waals surface area contributed by atoms with Gasteiger partial charge in [-0.25, -0.2) is 0 Å². The normalized spacial score (nSPS) is 24.3. The van der Waals surface area contributed by atoms with Gasteiger partial charge < -0.3 is 9.84 Å². The zero-order valence-corrected chi connectivity index (χ0v) is 11.3. The summed E-state index contributed by atoms with van der Waals surface area (Å²) in [7, 11) is 0. The molecule has 1 unspecified atom stereocenters. The minimum Gasteiger partial charge on any atom is -0.338 e. The van der Waals surface area contributed by atoms with Gasteiger partial charge >= 0.3 is 0 Å². The maximum Gasteiger partial charge on any atom is 0.234 e. The van der Waals surface area contributed by atoms with Crippen molar-refractivity contribution in [3.63, 3.8) is 0 Å². The lowest BCUT2D eigenvalue weighted by Gasteiger charge is -2.33. The van der Waals surface area contributed by atoms with E-state index >= 15 is 0 Å². The third kappa shape index (κ3) is 1.97. The molecule has 5 heteroatoms. The van der Waals surface area contributed by atoms with Crippen molar-refractivity contribution in [2.24, 2.45) is 0 Å². The van der Waals surface area contributed by atoms with Gasteiger partial charge in [0.15, 0.2) is 0 Å². The second kappa shape index (κ2) is 4.82. The molecule has 0 spiro atoms. The summed E-state index contributed by atoms with van der Waals surface area (Å²) in [6.45, 7) is 4.23.